The van der Waals surface area contributed by atoms with E-state index in [1.165, 1.54) is 18.2 Å². The van der Waals surface area contributed by atoms with Gasteiger partial charge >= 0.3 is 0 Å². The van der Waals surface area contributed by atoms with Gasteiger partial charge in [-0.2, -0.15) is 0 Å². The van der Waals surface area contributed by atoms with Crippen LogP contribution in [0.5, 0.6) is 0 Å². The zero-order valence-electron chi connectivity index (χ0n) is 10.8. The molecule has 1 aliphatic rings. The summed E-state index contributed by atoms with van der Waals surface area (Å²) >= 11 is 0. The Hall–Kier alpha value is -1.69. The number of nitro benzene ring substituents is 1. The number of nitrogens with zero attached hydrogens (tertiary/aromatic N) is 1. The van der Waals surface area contributed by atoms with E-state index in [4.69, 9.17) is 4.74 Å². The van der Waals surface area contributed by atoms with Gasteiger partial charge in [-0.25, -0.2) is 4.39 Å². The predicted octanol–water partition coefficient (Wildman–Crippen LogP) is 3.10. The van der Waals surface area contributed by atoms with E-state index < -0.39 is 10.7 Å². The molecule has 1 N–H and O–H groups in total. The summed E-state index contributed by atoms with van der Waals surface area (Å²) < 4.78 is 19.3. The highest BCUT2D eigenvalue weighted by atomic mass is 19.1. The van der Waals surface area contributed by atoms with Crippen LogP contribution in [-0.2, 0) is 4.74 Å². The van der Waals surface area contributed by atoms with Crippen LogP contribution >= 0.6 is 0 Å². The Bertz CT molecular complexity index is 467. The quantitative estimate of drug-likeness (QED) is 0.673. The summed E-state index contributed by atoms with van der Waals surface area (Å²) in [6.07, 6.45) is 2.48. The highest BCUT2D eigenvalue weighted by molar-refractivity contribution is 5.62. The molecule has 6 heteroatoms. The van der Waals surface area contributed by atoms with Crippen molar-refractivity contribution in [1.29, 1.82) is 0 Å². The van der Waals surface area contributed by atoms with Gasteiger partial charge in [0.15, 0.2) is 5.82 Å². The monoisotopic (exact) mass is 268 g/mol. The highest BCUT2D eigenvalue weighted by Gasteiger charge is 2.25. The van der Waals surface area contributed by atoms with Crippen LogP contribution in [-0.4, -0.2) is 23.7 Å². The van der Waals surface area contributed by atoms with Gasteiger partial charge in [-0.15, -0.1) is 0 Å². The van der Waals surface area contributed by atoms with Crippen LogP contribution in [0.15, 0.2) is 18.2 Å². The lowest BCUT2D eigenvalue weighted by molar-refractivity contribution is -0.384. The molecule has 19 heavy (non-hydrogen) atoms. The lowest BCUT2D eigenvalue weighted by atomic mass is 10.0. The molecular weight excluding hydrogens is 251 g/mol. The van der Waals surface area contributed by atoms with Crippen LogP contribution < -0.4 is 5.32 Å². The predicted molar refractivity (Wildman–Crippen MR) is 69.7 cm³/mol. The fourth-order valence-corrected chi connectivity index (χ4v) is 2.31. The molecule has 0 aliphatic carbocycles. The molecule has 0 radical (unpaired) electrons. The maximum Gasteiger partial charge on any atom is 0.295 e. The minimum absolute atomic E-state index is 0.00861. The average molecular weight is 268 g/mol. The molecule has 0 amide bonds. The summed E-state index contributed by atoms with van der Waals surface area (Å²) in [5.41, 5.74) is -0.242. The van der Waals surface area contributed by atoms with E-state index >= 15 is 0 Å². The van der Waals surface area contributed by atoms with E-state index in [1.807, 2.05) is 6.92 Å². The molecule has 2 atom stereocenters. The fraction of sp³-hybridized carbons (Fsp3) is 0.538. The molecular formula is C13H17FN2O3. The smallest absolute Gasteiger partial charge is 0.295 e. The molecule has 104 valence electrons. The van der Waals surface area contributed by atoms with Crippen molar-refractivity contribution in [3.8, 4) is 0 Å². The molecule has 2 rings (SSSR count). The Morgan fingerprint density at radius 3 is 3.05 bits per heavy atom. The normalized spacial score (nSPS) is 23.1. The van der Waals surface area contributed by atoms with Gasteiger partial charge in [-0.1, -0.05) is 13.0 Å². The Kier molecular flexibility index (Phi) is 4.31. The van der Waals surface area contributed by atoms with Crippen molar-refractivity contribution in [1.82, 2.24) is 0 Å². The zero-order chi connectivity index (χ0) is 13.8. The van der Waals surface area contributed by atoms with E-state index in [9.17, 15) is 14.5 Å². The molecule has 1 fully saturated rings. The average Bonchev–Trinajstić information content (AvgIpc) is 2.41. The van der Waals surface area contributed by atoms with Crippen molar-refractivity contribution in [2.24, 2.45) is 0 Å². The SMILES string of the molecule is CCC1CC(Nc2c(F)cccc2[N+](=O)[O-])CCO1. The van der Waals surface area contributed by atoms with Crippen molar-refractivity contribution >= 4 is 11.4 Å². The number of nitrogens with one attached hydrogen (secondary N) is 1. The van der Waals surface area contributed by atoms with Crippen LogP contribution in [0.3, 0.4) is 0 Å². The van der Waals surface area contributed by atoms with Gasteiger partial charge in [0.1, 0.15) is 5.69 Å². The molecule has 0 spiro atoms. The van der Waals surface area contributed by atoms with Crippen LogP contribution in [0.2, 0.25) is 0 Å². The maximum absolute atomic E-state index is 13.7. The number of rotatable bonds is 4. The third-order valence-corrected chi connectivity index (χ3v) is 3.36. The topological polar surface area (TPSA) is 64.4 Å². The van der Waals surface area contributed by atoms with Gasteiger partial charge < -0.3 is 10.1 Å². The van der Waals surface area contributed by atoms with E-state index in [0.29, 0.717) is 6.61 Å². The third-order valence-electron chi connectivity index (χ3n) is 3.36. The first-order valence-corrected chi connectivity index (χ1v) is 6.42. The summed E-state index contributed by atoms with van der Waals surface area (Å²) in [5, 5.41) is 13.9. The molecule has 0 aromatic heterocycles. The van der Waals surface area contributed by atoms with Crippen molar-refractivity contribution in [2.75, 3.05) is 11.9 Å². The van der Waals surface area contributed by atoms with Crippen molar-refractivity contribution in [2.45, 2.75) is 38.3 Å². The number of halogens is 1. The van der Waals surface area contributed by atoms with E-state index in [-0.39, 0.29) is 23.5 Å². The van der Waals surface area contributed by atoms with Crippen molar-refractivity contribution in [3.05, 3.63) is 34.1 Å². The van der Waals surface area contributed by atoms with Crippen LogP contribution in [0.25, 0.3) is 0 Å². The number of hydrogen-bond acceptors (Lipinski definition) is 4. The highest BCUT2D eigenvalue weighted by Crippen LogP contribution is 2.30. The molecule has 1 saturated heterocycles. The lowest BCUT2D eigenvalue weighted by Gasteiger charge is -2.30. The number of anilines is 1. The summed E-state index contributed by atoms with van der Waals surface area (Å²) in [7, 11) is 0. The number of benzene rings is 1. The van der Waals surface area contributed by atoms with Crippen molar-refractivity contribution < 1.29 is 14.1 Å². The van der Waals surface area contributed by atoms with Gasteiger partial charge in [-0.05, 0) is 25.3 Å². The van der Waals surface area contributed by atoms with E-state index in [0.717, 1.165) is 19.3 Å². The van der Waals surface area contributed by atoms with Crippen LogP contribution in [0.1, 0.15) is 26.2 Å². The number of ether oxygens (including phenoxy) is 1. The van der Waals surface area contributed by atoms with Gasteiger partial charge in [-0.3, -0.25) is 10.1 Å². The van der Waals surface area contributed by atoms with Gasteiger partial charge in [0.2, 0.25) is 0 Å². The summed E-state index contributed by atoms with van der Waals surface area (Å²) in [4.78, 5) is 10.3. The zero-order valence-corrected chi connectivity index (χ0v) is 10.8. The van der Waals surface area contributed by atoms with E-state index in [1.54, 1.807) is 0 Å². The standard InChI is InChI=1S/C13H17FN2O3/c1-2-10-8-9(6-7-19-10)15-13-11(14)4-3-5-12(13)16(17)18/h3-5,9-10,15H,2,6-8H2,1H3. The number of para-hydroxylation sites is 1. The molecule has 1 heterocycles. The molecule has 1 aliphatic heterocycles. The van der Waals surface area contributed by atoms with Crippen molar-refractivity contribution in [3.63, 3.8) is 0 Å². The Morgan fingerprint density at radius 2 is 2.37 bits per heavy atom. The first-order valence-electron chi connectivity index (χ1n) is 6.42. The fourth-order valence-electron chi connectivity index (χ4n) is 2.31. The molecule has 1 aromatic carbocycles. The van der Waals surface area contributed by atoms with Crippen LogP contribution in [0.4, 0.5) is 15.8 Å². The Balaban J connectivity index is 2.16. The Labute approximate surface area is 110 Å². The van der Waals surface area contributed by atoms with Gasteiger partial charge in [0, 0.05) is 18.7 Å². The molecule has 5 nitrogen and oxygen atoms in total. The third kappa shape index (κ3) is 3.20. The molecule has 0 saturated carbocycles. The lowest BCUT2D eigenvalue weighted by Crippen LogP contribution is -2.34. The van der Waals surface area contributed by atoms with Gasteiger partial charge in [0.05, 0.1) is 11.0 Å². The summed E-state index contributed by atoms with van der Waals surface area (Å²) in [6, 6.07) is 3.89. The van der Waals surface area contributed by atoms with E-state index in [2.05, 4.69) is 5.32 Å². The molecule has 2 unspecified atom stereocenters. The number of nitro groups is 1. The maximum atomic E-state index is 13.7. The second-order valence-electron chi connectivity index (χ2n) is 4.66. The van der Waals surface area contributed by atoms with Gasteiger partial charge in [0.25, 0.3) is 5.69 Å². The summed E-state index contributed by atoms with van der Waals surface area (Å²) in [6.45, 7) is 2.62. The number of hydrogen-bond donors (Lipinski definition) is 1. The first kappa shape index (κ1) is 13.7. The Morgan fingerprint density at radius 1 is 1.58 bits per heavy atom. The molecule has 0 bridgehead atoms. The minimum atomic E-state index is -0.589. The summed E-state index contributed by atoms with van der Waals surface area (Å²) in [5.74, 6) is -0.589. The minimum Gasteiger partial charge on any atom is -0.378 e. The molecule has 1 aromatic rings. The van der Waals surface area contributed by atoms with Crippen LogP contribution in [0, 0.1) is 15.9 Å². The first-order chi connectivity index (χ1) is 9.11. The largest absolute Gasteiger partial charge is 0.378 e. The second kappa shape index (κ2) is 5.97. The second-order valence-corrected chi connectivity index (χ2v) is 4.66.